The van der Waals surface area contributed by atoms with Gasteiger partial charge in [-0.1, -0.05) is 32.0 Å². The van der Waals surface area contributed by atoms with Crippen molar-refractivity contribution in [3.8, 4) is 5.69 Å². The number of nitrogens with one attached hydrogen (secondary N) is 1. The maximum atomic E-state index is 13.3. The molecule has 1 aliphatic carbocycles. The fraction of sp³-hybridized carbons (Fsp3) is 0.304. The van der Waals surface area contributed by atoms with Gasteiger partial charge >= 0.3 is 0 Å². The van der Waals surface area contributed by atoms with Gasteiger partial charge in [0, 0.05) is 16.9 Å². The molecule has 1 heterocycles. The third-order valence-electron chi connectivity index (χ3n) is 5.38. The number of anilines is 1. The molecule has 1 aromatic heterocycles. The number of carbonyl (C=O) groups excluding carboxylic acids is 1. The average Bonchev–Trinajstić information content (AvgIpc) is 3.26. The Hall–Kier alpha value is -2.95. The van der Waals surface area contributed by atoms with E-state index in [0.29, 0.717) is 11.6 Å². The van der Waals surface area contributed by atoms with Crippen molar-refractivity contribution in [3.05, 3.63) is 76.4 Å². The van der Waals surface area contributed by atoms with Crippen LogP contribution in [0.25, 0.3) is 5.69 Å². The number of aryl methyl sites for hydroxylation is 1. The summed E-state index contributed by atoms with van der Waals surface area (Å²) in [5, 5.41) is 7.72. The molecule has 0 unspecified atom stereocenters. The van der Waals surface area contributed by atoms with Crippen LogP contribution < -0.4 is 5.32 Å². The summed E-state index contributed by atoms with van der Waals surface area (Å²) in [7, 11) is 0. The summed E-state index contributed by atoms with van der Waals surface area (Å²) >= 11 is 0. The molecule has 0 spiro atoms. The van der Waals surface area contributed by atoms with Crippen LogP contribution in [0.4, 0.5) is 10.1 Å². The van der Waals surface area contributed by atoms with Gasteiger partial charge in [0.05, 0.1) is 5.69 Å². The van der Waals surface area contributed by atoms with E-state index in [9.17, 15) is 9.18 Å². The van der Waals surface area contributed by atoms with Gasteiger partial charge in [-0.3, -0.25) is 4.79 Å². The second kappa shape index (κ2) is 7.23. The normalized spacial score (nSPS) is 13.0. The van der Waals surface area contributed by atoms with Crippen molar-refractivity contribution in [2.24, 2.45) is 0 Å². The Balaban J connectivity index is 1.72. The molecular weight excluding hydrogens is 353 g/mol. The fourth-order valence-corrected chi connectivity index (χ4v) is 3.93. The zero-order valence-electron chi connectivity index (χ0n) is 16.4. The van der Waals surface area contributed by atoms with Gasteiger partial charge < -0.3 is 5.32 Å². The van der Waals surface area contributed by atoms with E-state index in [-0.39, 0.29) is 11.7 Å². The predicted molar refractivity (Wildman–Crippen MR) is 109 cm³/mol. The van der Waals surface area contributed by atoms with E-state index in [1.165, 1.54) is 12.1 Å². The minimum atomic E-state index is -0.286. The van der Waals surface area contributed by atoms with E-state index >= 15 is 0 Å². The molecule has 0 atom stereocenters. The molecule has 1 N–H and O–H groups in total. The van der Waals surface area contributed by atoms with E-state index < -0.39 is 0 Å². The maximum Gasteiger partial charge on any atom is 0.276 e. The van der Waals surface area contributed by atoms with Crippen molar-refractivity contribution in [2.45, 2.75) is 46.0 Å². The number of hydrogen-bond acceptors (Lipinski definition) is 2. The highest BCUT2D eigenvalue weighted by Gasteiger charge is 2.27. The van der Waals surface area contributed by atoms with Gasteiger partial charge in [-0.25, -0.2) is 9.07 Å². The minimum Gasteiger partial charge on any atom is -0.320 e. The zero-order valence-corrected chi connectivity index (χ0v) is 16.4. The van der Waals surface area contributed by atoms with Crippen molar-refractivity contribution in [3.63, 3.8) is 0 Å². The molecule has 3 aromatic rings. The molecule has 2 aromatic carbocycles. The number of para-hydroxylation sites is 1. The van der Waals surface area contributed by atoms with E-state index in [4.69, 9.17) is 0 Å². The average molecular weight is 377 g/mol. The molecular formula is C23H24FN3O. The van der Waals surface area contributed by atoms with Crippen LogP contribution in [-0.4, -0.2) is 15.7 Å². The maximum absolute atomic E-state index is 13.3. The number of rotatable bonds is 4. The summed E-state index contributed by atoms with van der Waals surface area (Å²) in [6.45, 7) is 6.24. The summed E-state index contributed by atoms with van der Waals surface area (Å²) in [5.41, 5.74) is 6.31. The third kappa shape index (κ3) is 3.21. The second-order valence-electron chi connectivity index (χ2n) is 7.66. The van der Waals surface area contributed by atoms with Crippen LogP contribution in [0.5, 0.6) is 0 Å². The number of benzene rings is 2. The number of hydrogen-bond donors (Lipinski definition) is 1. The Morgan fingerprint density at radius 1 is 1.14 bits per heavy atom. The zero-order chi connectivity index (χ0) is 19.8. The van der Waals surface area contributed by atoms with Gasteiger partial charge in [0.25, 0.3) is 5.91 Å². The third-order valence-corrected chi connectivity index (χ3v) is 5.38. The Labute approximate surface area is 164 Å². The summed E-state index contributed by atoms with van der Waals surface area (Å²) < 4.78 is 15.1. The number of carbonyl (C=O) groups is 1. The molecule has 0 bridgehead atoms. The lowest BCUT2D eigenvalue weighted by atomic mass is 9.98. The lowest BCUT2D eigenvalue weighted by Crippen LogP contribution is -2.17. The van der Waals surface area contributed by atoms with Crippen molar-refractivity contribution in [1.82, 2.24) is 9.78 Å². The van der Waals surface area contributed by atoms with Crippen LogP contribution in [-0.2, 0) is 12.8 Å². The Morgan fingerprint density at radius 2 is 1.89 bits per heavy atom. The van der Waals surface area contributed by atoms with Crippen LogP contribution in [0.15, 0.2) is 42.5 Å². The Kier molecular flexibility index (Phi) is 4.75. The van der Waals surface area contributed by atoms with Gasteiger partial charge in [0.2, 0.25) is 0 Å². The number of aromatic nitrogens is 2. The summed E-state index contributed by atoms with van der Waals surface area (Å²) in [6, 6.07) is 12.3. The molecule has 1 amide bonds. The Morgan fingerprint density at radius 3 is 2.61 bits per heavy atom. The van der Waals surface area contributed by atoms with Gasteiger partial charge in [0.1, 0.15) is 5.82 Å². The van der Waals surface area contributed by atoms with Crippen LogP contribution in [0, 0.1) is 12.7 Å². The molecule has 0 aliphatic heterocycles. The van der Waals surface area contributed by atoms with E-state index in [1.807, 2.05) is 19.1 Å². The monoisotopic (exact) mass is 377 g/mol. The molecule has 0 saturated carbocycles. The molecule has 4 nitrogen and oxygen atoms in total. The fourth-order valence-electron chi connectivity index (χ4n) is 3.93. The van der Waals surface area contributed by atoms with E-state index in [2.05, 4.69) is 30.3 Å². The summed E-state index contributed by atoms with van der Waals surface area (Å²) in [4.78, 5) is 13.2. The van der Waals surface area contributed by atoms with Crippen LogP contribution in [0.3, 0.4) is 0 Å². The first kappa shape index (κ1) is 18.4. The van der Waals surface area contributed by atoms with Crippen molar-refractivity contribution in [1.29, 1.82) is 0 Å². The molecule has 4 rings (SSSR count). The molecule has 5 heteroatoms. The summed E-state index contributed by atoms with van der Waals surface area (Å²) in [6.07, 6.45) is 2.70. The topological polar surface area (TPSA) is 46.9 Å². The lowest BCUT2D eigenvalue weighted by molar-refractivity contribution is 0.102. The minimum absolute atomic E-state index is 0.185. The SMILES string of the molecule is Cc1cccc(C(C)C)c1NC(=O)c1nn(-c2ccc(F)cc2)c2c1CCC2. The van der Waals surface area contributed by atoms with Gasteiger partial charge in [-0.05, 0) is 67.5 Å². The molecule has 0 radical (unpaired) electrons. The predicted octanol–water partition coefficient (Wildman–Crippen LogP) is 5.18. The first-order chi connectivity index (χ1) is 13.5. The lowest BCUT2D eigenvalue weighted by Gasteiger charge is -2.16. The first-order valence-electron chi connectivity index (χ1n) is 9.73. The Bertz CT molecular complexity index is 1030. The summed E-state index contributed by atoms with van der Waals surface area (Å²) in [5.74, 6) is -0.167. The number of amides is 1. The van der Waals surface area contributed by atoms with E-state index in [0.717, 1.165) is 53.0 Å². The smallest absolute Gasteiger partial charge is 0.276 e. The number of halogens is 1. The van der Waals surface area contributed by atoms with Crippen molar-refractivity contribution < 1.29 is 9.18 Å². The standard InChI is InChI=1S/C23H24FN3O/c1-14(2)18-7-4-6-15(3)21(18)25-23(28)22-19-8-5-9-20(19)27(26-22)17-12-10-16(24)11-13-17/h4,6-7,10-14H,5,8-9H2,1-3H3,(H,25,28). The van der Waals surface area contributed by atoms with Crippen LogP contribution >= 0.6 is 0 Å². The molecule has 144 valence electrons. The van der Waals surface area contributed by atoms with Gasteiger partial charge in [-0.2, -0.15) is 5.10 Å². The highest BCUT2D eigenvalue weighted by molar-refractivity contribution is 6.05. The number of nitrogens with zero attached hydrogens (tertiary/aromatic N) is 2. The highest BCUT2D eigenvalue weighted by Crippen LogP contribution is 2.31. The quantitative estimate of drug-likeness (QED) is 0.681. The molecule has 0 fully saturated rings. The van der Waals surface area contributed by atoms with Crippen LogP contribution in [0.2, 0.25) is 0 Å². The van der Waals surface area contributed by atoms with Gasteiger partial charge in [-0.15, -0.1) is 0 Å². The van der Waals surface area contributed by atoms with Crippen LogP contribution in [0.1, 0.15) is 59.1 Å². The van der Waals surface area contributed by atoms with Gasteiger partial charge in [0.15, 0.2) is 5.69 Å². The largest absolute Gasteiger partial charge is 0.320 e. The molecule has 1 aliphatic rings. The number of fused-ring (bicyclic) bond motifs is 1. The first-order valence-corrected chi connectivity index (χ1v) is 9.73. The van der Waals surface area contributed by atoms with Crippen molar-refractivity contribution in [2.75, 3.05) is 5.32 Å². The van der Waals surface area contributed by atoms with E-state index in [1.54, 1.807) is 16.8 Å². The molecule has 0 saturated heterocycles. The highest BCUT2D eigenvalue weighted by atomic mass is 19.1. The van der Waals surface area contributed by atoms with Crippen molar-refractivity contribution >= 4 is 11.6 Å². The second-order valence-corrected chi connectivity index (χ2v) is 7.66. The molecule has 28 heavy (non-hydrogen) atoms.